The molecule has 0 bridgehead atoms. The third-order valence-electron chi connectivity index (χ3n) is 5.35. The molecule has 5 nitrogen and oxygen atoms in total. The summed E-state index contributed by atoms with van der Waals surface area (Å²) in [5, 5.41) is 0. The van der Waals surface area contributed by atoms with E-state index < -0.39 is 0 Å². The highest BCUT2D eigenvalue weighted by molar-refractivity contribution is 5.93. The van der Waals surface area contributed by atoms with E-state index in [0.29, 0.717) is 11.6 Å². The van der Waals surface area contributed by atoms with E-state index in [4.69, 9.17) is 9.15 Å². The predicted molar refractivity (Wildman–Crippen MR) is 79.2 cm³/mol. The Morgan fingerprint density at radius 2 is 2.19 bits per heavy atom. The van der Waals surface area contributed by atoms with Crippen LogP contribution in [0.2, 0.25) is 0 Å². The number of rotatable bonds is 3. The van der Waals surface area contributed by atoms with E-state index >= 15 is 0 Å². The molecule has 1 spiro atoms. The van der Waals surface area contributed by atoms with Crippen LogP contribution < -0.4 is 0 Å². The molecule has 0 aromatic carbocycles. The van der Waals surface area contributed by atoms with Crippen molar-refractivity contribution in [1.82, 2.24) is 9.80 Å². The molecule has 21 heavy (non-hydrogen) atoms. The molecule has 5 heteroatoms. The van der Waals surface area contributed by atoms with Gasteiger partial charge < -0.3 is 14.1 Å². The minimum atomic E-state index is 0.0905. The SMILES string of the molecule is COCC1CCC2(CCN(C(=O)c3ccoc3)CC2)N1C. The van der Waals surface area contributed by atoms with Crippen LogP contribution in [0.1, 0.15) is 36.0 Å². The predicted octanol–water partition coefficient (Wildman–Crippen LogP) is 1.99. The fourth-order valence-electron chi connectivity index (χ4n) is 3.88. The summed E-state index contributed by atoms with van der Waals surface area (Å²) in [6.45, 7) is 2.46. The van der Waals surface area contributed by atoms with Crippen molar-refractivity contribution in [3.63, 3.8) is 0 Å². The summed E-state index contributed by atoms with van der Waals surface area (Å²) < 4.78 is 10.3. The lowest BCUT2D eigenvalue weighted by Gasteiger charge is -2.45. The molecule has 2 aliphatic rings. The smallest absolute Gasteiger partial charge is 0.257 e. The van der Waals surface area contributed by atoms with Gasteiger partial charge in [-0.25, -0.2) is 0 Å². The summed E-state index contributed by atoms with van der Waals surface area (Å²) in [6.07, 6.45) is 7.59. The fourth-order valence-corrected chi connectivity index (χ4v) is 3.88. The van der Waals surface area contributed by atoms with Gasteiger partial charge in [0.15, 0.2) is 0 Å². The summed E-state index contributed by atoms with van der Waals surface area (Å²) in [5.41, 5.74) is 0.916. The van der Waals surface area contributed by atoms with Crippen LogP contribution in [-0.4, -0.2) is 61.1 Å². The third-order valence-corrected chi connectivity index (χ3v) is 5.35. The first-order chi connectivity index (χ1) is 10.2. The molecule has 0 N–H and O–H groups in total. The fraction of sp³-hybridized carbons (Fsp3) is 0.688. The summed E-state index contributed by atoms with van der Waals surface area (Å²) in [6, 6.07) is 2.26. The monoisotopic (exact) mass is 292 g/mol. The minimum absolute atomic E-state index is 0.0905. The lowest BCUT2D eigenvalue weighted by molar-refractivity contribution is 0.0273. The number of furan rings is 1. The molecule has 3 heterocycles. The average molecular weight is 292 g/mol. The molecule has 2 fully saturated rings. The summed E-state index contributed by atoms with van der Waals surface area (Å²) in [5.74, 6) is 0.0905. The number of amides is 1. The number of piperidine rings is 1. The van der Waals surface area contributed by atoms with Crippen LogP contribution in [-0.2, 0) is 4.74 Å². The number of carbonyl (C=O) groups is 1. The van der Waals surface area contributed by atoms with Crippen LogP contribution in [0.3, 0.4) is 0 Å². The Kier molecular flexibility index (Phi) is 4.04. The molecule has 116 valence electrons. The lowest BCUT2D eigenvalue weighted by atomic mass is 9.85. The van der Waals surface area contributed by atoms with Gasteiger partial charge in [-0.15, -0.1) is 0 Å². The maximum absolute atomic E-state index is 12.3. The molecule has 0 radical (unpaired) electrons. The number of likely N-dealkylation sites (N-methyl/N-ethyl adjacent to an activating group) is 1. The number of methoxy groups -OCH3 is 1. The minimum Gasteiger partial charge on any atom is -0.472 e. The van der Waals surface area contributed by atoms with E-state index in [1.54, 1.807) is 19.4 Å². The summed E-state index contributed by atoms with van der Waals surface area (Å²) in [4.78, 5) is 16.8. The maximum atomic E-state index is 12.3. The molecule has 1 atom stereocenters. The average Bonchev–Trinajstić information content (AvgIpc) is 3.13. The second-order valence-corrected chi connectivity index (χ2v) is 6.29. The first-order valence-corrected chi connectivity index (χ1v) is 7.70. The topological polar surface area (TPSA) is 45.9 Å². The van der Waals surface area contributed by atoms with Gasteiger partial charge in [-0.3, -0.25) is 9.69 Å². The van der Waals surface area contributed by atoms with Gasteiger partial charge in [0.25, 0.3) is 5.91 Å². The Morgan fingerprint density at radius 1 is 1.43 bits per heavy atom. The maximum Gasteiger partial charge on any atom is 0.257 e. The molecule has 3 rings (SSSR count). The zero-order valence-electron chi connectivity index (χ0n) is 12.9. The van der Waals surface area contributed by atoms with Crippen LogP contribution >= 0.6 is 0 Å². The van der Waals surface area contributed by atoms with Crippen LogP contribution in [0.5, 0.6) is 0 Å². The van der Waals surface area contributed by atoms with Crippen LogP contribution in [0.15, 0.2) is 23.0 Å². The van der Waals surface area contributed by atoms with Gasteiger partial charge in [0, 0.05) is 31.8 Å². The van der Waals surface area contributed by atoms with Crippen LogP contribution in [0.4, 0.5) is 0 Å². The van der Waals surface area contributed by atoms with Gasteiger partial charge in [0.2, 0.25) is 0 Å². The zero-order valence-corrected chi connectivity index (χ0v) is 12.9. The van der Waals surface area contributed by atoms with E-state index in [1.807, 2.05) is 4.90 Å². The molecule has 0 saturated carbocycles. The van der Waals surface area contributed by atoms with Crippen molar-refractivity contribution in [2.75, 3.05) is 33.9 Å². The summed E-state index contributed by atoms with van der Waals surface area (Å²) >= 11 is 0. The van der Waals surface area contributed by atoms with E-state index in [2.05, 4.69) is 11.9 Å². The summed E-state index contributed by atoms with van der Waals surface area (Å²) in [7, 11) is 3.98. The van der Waals surface area contributed by atoms with Gasteiger partial charge >= 0.3 is 0 Å². The highest BCUT2D eigenvalue weighted by atomic mass is 16.5. The van der Waals surface area contributed by atoms with E-state index in [9.17, 15) is 4.79 Å². The Bertz CT molecular complexity index is 478. The number of nitrogens with zero attached hydrogens (tertiary/aromatic N) is 2. The first kappa shape index (κ1) is 14.6. The zero-order chi connectivity index (χ0) is 14.9. The molecule has 1 aromatic heterocycles. The van der Waals surface area contributed by atoms with Crippen molar-refractivity contribution < 1.29 is 13.9 Å². The van der Waals surface area contributed by atoms with Gasteiger partial charge in [-0.2, -0.15) is 0 Å². The standard InChI is InChI=1S/C16H24N2O3/c1-17-14(12-20-2)3-5-16(17)6-8-18(9-7-16)15(19)13-4-10-21-11-13/h4,10-11,14H,3,5-9,12H2,1-2H3. The number of likely N-dealkylation sites (tertiary alicyclic amines) is 2. The molecular weight excluding hydrogens is 268 g/mol. The van der Waals surface area contributed by atoms with Crippen molar-refractivity contribution >= 4 is 5.91 Å². The second kappa shape index (κ2) is 5.81. The highest BCUT2D eigenvalue weighted by Gasteiger charge is 2.46. The quantitative estimate of drug-likeness (QED) is 0.855. The van der Waals surface area contributed by atoms with E-state index in [-0.39, 0.29) is 11.4 Å². The Labute approximate surface area is 125 Å². The number of carbonyl (C=O) groups excluding carboxylic acids is 1. The Balaban J connectivity index is 1.61. The molecule has 1 amide bonds. The Hall–Kier alpha value is -1.33. The van der Waals surface area contributed by atoms with Gasteiger partial charge in [-0.05, 0) is 38.8 Å². The molecule has 1 unspecified atom stereocenters. The first-order valence-electron chi connectivity index (χ1n) is 7.70. The van der Waals surface area contributed by atoms with Crippen LogP contribution in [0.25, 0.3) is 0 Å². The Morgan fingerprint density at radius 3 is 2.81 bits per heavy atom. The molecular formula is C16H24N2O3. The normalized spacial score (nSPS) is 25.6. The van der Waals surface area contributed by atoms with Crippen molar-refractivity contribution in [3.05, 3.63) is 24.2 Å². The van der Waals surface area contributed by atoms with E-state index in [1.165, 1.54) is 19.1 Å². The van der Waals surface area contributed by atoms with Gasteiger partial charge in [0.1, 0.15) is 6.26 Å². The lowest BCUT2D eigenvalue weighted by Crippen LogP contribution is -2.54. The largest absolute Gasteiger partial charge is 0.472 e. The van der Waals surface area contributed by atoms with E-state index in [0.717, 1.165) is 32.5 Å². The van der Waals surface area contributed by atoms with Crippen LogP contribution in [0, 0.1) is 0 Å². The van der Waals surface area contributed by atoms with Crippen molar-refractivity contribution in [3.8, 4) is 0 Å². The molecule has 0 aliphatic carbocycles. The van der Waals surface area contributed by atoms with Crippen molar-refractivity contribution in [2.24, 2.45) is 0 Å². The number of hydrogen-bond acceptors (Lipinski definition) is 4. The van der Waals surface area contributed by atoms with Crippen molar-refractivity contribution in [2.45, 2.75) is 37.3 Å². The second-order valence-electron chi connectivity index (χ2n) is 6.29. The molecule has 2 aliphatic heterocycles. The van der Waals surface area contributed by atoms with Crippen molar-refractivity contribution in [1.29, 1.82) is 0 Å². The number of ether oxygens (including phenoxy) is 1. The molecule has 1 aromatic rings. The van der Waals surface area contributed by atoms with Gasteiger partial charge in [-0.1, -0.05) is 0 Å². The third kappa shape index (κ3) is 2.60. The highest BCUT2D eigenvalue weighted by Crippen LogP contribution is 2.40. The van der Waals surface area contributed by atoms with Gasteiger partial charge in [0.05, 0.1) is 18.4 Å². The number of hydrogen-bond donors (Lipinski definition) is 0. The molecule has 2 saturated heterocycles.